The van der Waals surface area contributed by atoms with Gasteiger partial charge in [0.05, 0.1) is 0 Å². The SMILES string of the molecule is CN(C(=O)OC(C)(C)C)C(C)(C=O)c1cnc2n[nH]nc2c1. The highest BCUT2D eigenvalue weighted by Gasteiger charge is 2.37. The molecule has 1 atom stereocenters. The van der Waals surface area contributed by atoms with Gasteiger partial charge in [0.1, 0.15) is 22.9 Å². The van der Waals surface area contributed by atoms with Crippen LogP contribution in [0.3, 0.4) is 0 Å². The minimum Gasteiger partial charge on any atom is -0.444 e. The van der Waals surface area contributed by atoms with Crippen molar-refractivity contribution in [3.8, 4) is 0 Å². The number of pyridine rings is 1. The van der Waals surface area contributed by atoms with Gasteiger partial charge in [-0.05, 0) is 33.8 Å². The summed E-state index contributed by atoms with van der Waals surface area (Å²) in [6.07, 6.45) is 1.59. The Labute approximate surface area is 127 Å². The van der Waals surface area contributed by atoms with Gasteiger partial charge in [-0.2, -0.15) is 10.3 Å². The molecule has 0 saturated heterocycles. The second kappa shape index (κ2) is 5.36. The molecular formula is C14H19N5O3. The van der Waals surface area contributed by atoms with Crippen molar-refractivity contribution in [2.45, 2.75) is 38.8 Å². The standard InChI is InChI=1S/C14H19N5O3/c1-13(2,3)22-12(21)19(5)14(4,8-20)9-6-10-11(15-7-9)17-18-16-10/h6-8H,1-5H3,(H,15,16,17,18). The smallest absolute Gasteiger partial charge is 0.411 e. The van der Waals surface area contributed by atoms with Gasteiger partial charge in [-0.25, -0.2) is 9.78 Å². The monoisotopic (exact) mass is 305 g/mol. The van der Waals surface area contributed by atoms with E-state index in [1.165, 1.54) is 18.1 Å². The Bertz CT molecular complexity index is 706. The van der Waals surface area contributed by atoms with Gasteiger partial charge in [0.25, 0.3) is 0 Å². The van der Waals surface area contributed by atoms with Crippen molar-refractivity contribution in [2.75, 3.05) is 7.05 Å². The number of ether oxygens (including phenoxy) is 1. The lowest BCUT2D eigenvalue weighted by Gasteiger charge is -2.35. The quantitative estimate of drug-likeness (QED) is 0.865. The molecule has 0 saturated carbocycles. The summed E-state index contributed by atoms with van der Waals surface area (Å²) in [4.78, 5) is 29.3. The zero-order valence-electron chi connectivity index (χ0n) is 13.2. The highest BCUT2D eigenvalue weighted by Crippen LogP contribution is 2.27. The lowest BCUT2D eigenvalue weighted by atomic mass is 9.93. The molecule has 22 heavy (non-hydrogen) atoms. The average molecular weight is 305 g/mol. The van der Waals surface area contributed by atoms with Crippen molar-refractivity contribution in [2.24, 2.45) is 0 Å². The number of fused-ring (bicyclic) bond motifs is 1. The first-order valence-electron chi connectivity index (χ1n) is 6.77. The molecule has 2 rings (SSSR count). The number of nitrogens with one attached hydrogen (secondary N) is 1. The van der Waals surface area contributed by atoms with Crippen LogP contribution in [0, 0.1) is 0 Å². The number of hydrogen-bond acceptors (Lipinski definition) is 6. The normalized spacial score (nSPS) is 14.4. The van der Waals surface area contributed by atoms with Crippen molar-refractivity contribution < 1.29 is 14.3 Å². The molecule has 2 aromatic rings. The minimum atomic E-state index is -1.22. The first-order valence-corrected chi connectivity index (χ1v) is 6.77. The van der Waals surface area contributed by atoms with Gasteiger partial charge >= 0.3 is 6.09 Å². The first kappa shape index (κ1) is 15.9. The van der Waals surface area contributed by atoms with Crippen LogP contribution in [0.15, 0.2) is 12.3 Å². The molecule has 8 heteroatoms. The van der Waals surface area contributed by atoms with Gasteiger partial charge in [-0.3, -0.25) is 4.90 Å². The number of rotatable bonds is 3. The lowest BCUT2D eigenvalue weighted by molar-refractivity contribution is -0.117. The van der Waals surface area contributed by atoms with Crippen molar-refractivity contribution >= 4 is 23.5 Å². The van der Waals surface area contributed by atoms with Crippen molar-refractivity contribution in [1.82, 2.24) is 25.3 Å². The molecule has 0 radical (unpaired) electrons. The van der Waals surface area contributed by atoms with Crippen molar-refractivity contribution in [3.05, 3.63) is 17.8 Å². The Morgan fingerprint density at radius 3 is 2.59 bits per heavy atom. The minimum absolute atomic E-state index is 0.442. The van der Waals surface area contributed by atoms with Gasteiger partial charge < -0.3 is 9.53 Å². The third-order valence-electron chi connectivity index (χ3n) is 3.35. The predicted molar refractivity (Wildman–Crippen MR) is 79.1 cm³/mol. The highest BCUT2D eigenvalue weighted by molar-refractivity contribution is 5.79. The second-order valence-corrected chi connectivity index (χ2v) is 6.20. The van der Waals surface area contributed by atoms with E-state index in [0.717, 1.165) is 0 Å². The summed E-state index contributed by atoms with van der Waals surface area (Å²) >= 11 is 0. The number of nitrogens with zero attached hydrogens (tertiary/aromatic N) is 4. The molecule has 2 heterocycles. The third-order valence-corrected chi connectivity index (χ3v) is 3.35. The fourth-order valence-corrected chi connectivity index (χ4v) is 1.88. The average Bonchev–Trinajstić information content (AvgIpc) is 2.91. The maximum atomic E-state index is 12.2. The molecule has 1 amide bonds. The van der Waals surface area contributed by atoms with E-state index >= 15 is 0 Å². The molecule has 0 aliphatic rings. The summed E-state index contributed by atoms with van der Waals surface area (Å²) in [7, 11) is 1.51. The van der Waals surface area contributed by atoms with Crippen LogP contribution in [-0.2, 0) is 15.1 Å². The Morgan fingerprint density at radius 1 is 1.32 bits per heavy atom. The number of carbonyl (C=O) groups is 2. The molecule has 0 aliphatic carbocycles. The van der Waals surface area contributed by atoms with E-state index in [2.05, 4.69) is 20.4 Å². The molecule has 0 aromatic carbocycles. The molecule has 1 N–H and O–H groups in total. The van der Waals surface area contributed by atoms with Crippen LogP contribution in [0.1, 0.15) is 33.3 Å². The van der Waals surface area contributed by atoms with Crippen LogP contribution < -0.4 is 0 Å². The van der Waals surface area contributed by atoms with Crippen molar-refractivity contribution in [3.63, 3.8) is 0 Å². The summed E-state index contributed by atoms with van der Waals surface area (Å²) in [6.45, 7) is 6.91. The van der Waals surface area contributed by atoms with Crippen LogP contribution in [-0.4, -0.2) is 50.3 Å². The van der Waals surface area contributed by atoms with Crippen molar-refractivity contribution in [1.29, 1.82) is 0 Å². The maximum absolute atomic E-state index is 12.2. The molecule has 0 aliphatic heterocycles. The zero-order valence-corrected chi connectivity index (χ0v) is 13.2. The van der Waals surface area contributed by atoms with E-state index < -0.39 is 17.2 Å². The van der Waals surface area contributed by atoms with E-state index in [9.17, 15) is 9.59 Å². The number of aromatic amines is 1. The van der Waals surface area contributed by atoms with Crippen LogP contribution in [0.4, 0.5) is 4.79 Å². The largest absolute Gasteiger partial charge is 0.444 e. The topological polar surface area (TPSA) is 101 Å². The first-order chi connectivity index (χ1) is 10.2. The molecule has 0 fully saturated rings. The van der Waals surface area contributed by atoms with E-state index in [1.54, 1.807) is 33.8 Å². The van der Waals surface area contributed by atoms with Gasteiger partial charge in [-0.15, -0.1) is 5.10 Å². The van der Waals surface area contributed by atoms with Crippen LogP contribution >= 0.6 is 0 Å². The molecule has 8 nitrogen and oxygen atoms in total. The van der Waals surface area contributed by atoms with Gasteiger partial charge in [0, 0.05) is 18.8 Å². The van der Waals surface area contributed by atoms with Gasteiger partial charge in [-0.1, -0.05) is 0 Å². The van der Waals surface area contributed by atoms with Gasteiger partial charge in [0.2, 0.25) is 5.65 Å². The number of aromatic nitrogens is 4. The summed E-state index contributed by atoms with van der Waals surface area (Å²) in [5.41, 5.74) is -0.385. The fraction of sp³-hybridized carbons (Fsp3) is 0.500. The molecule has 0 bridgehead atoms. The van der Waals surface area contributed by atoms with E-state index in [0.29, 0.717) is 23.0 Å². The lowest BCUT2D eigenvalue weighted by Crippen LogP contribution is -2.48. The Morgan fingerprint density at radius 2 is 2.00 bits per heavy atom. The number of hydrogen-bond donors (Lipinski definition) is 1. The molecular weight excluding hydrogens is 286 g/mol. The Balaban J connectivity index is 2.38. The zero-order chi connectivity index (χ0) is 16.5. The third kappa shape index (κ3) is 2.90. The Kier molecular flexibility index (Phi) is 3.87. The van der Waals surface area contributed by atoms with Crippen LogP contribution in [0.25, 0.3) is 11.2 Å². The van der Waals surface area contributed by atoms with E-state index in [1.807, 2.05) is 0 Å². The summed E-state index contributed by atoms with van der Waals surface area (Å²) in [6, 6.07) is 1.67. The fourth-order valence-electron chi connectivity index (χ4n) is 1.88. The van der Waals surface area contributed by atoms with E-state index in [4.69, 9.17) is 4.74 Å². The molecule has 0 spiro atoms. The number of carbonyl (C=O) groups excluding carboxylic acids is 2. The van der Waals surface area contributed by atoms with E-state index in [-0.39, 0.29) is 0 Å². The molecule has 1 unspecified atom stereocenters. The molecule has 2 aromatic heterocycles. The number of aldehydes is 1. The maximum Gasteiger partial charge on any atom is 0.411 e. The summed E-state index contributed by atoms with van der Waals surface area (Å²) < 4.78 is 5.32. The Hall–Kier alpha value is -2.51. The van der Waals surface area contributed by atoms with Crippen LogP contribution in [0.5, 0.6) is 0 Å². The summed E-state index contributed by atoms with van der Waals surface area (Å²) in [5, 5.41) is 10.3. The number of likely N-dealkylation sites (N-methyl/N-ethyl adjacent to an activating group) is 1. The summed E-state index contributed by atoms with van der Waals surface area (Å²) in [5.74, 6) is 0. The van der Waals surface area contributed by atoms with Crippen LogP contribution in [0.2, 0.25) is 0 Å². The molecule has 118 valence electrons. The second-order valence-electron chi connectivity index (χ2n) is 6.20. The number of H-pyrrole nitrogens is 1. The predicted octanol–water partition coefficient (Wildman–Crippen LogP) is 1.63. The highest BCUT2D eigenvalue weighted by atomic mass is 16.6. The number of amides is 1. The van der Waals surface area contributed by atoms with Gasteiger partial charge in [0.15, 0.2) is 0 Å².